The third-order valence-corrected chi connectivity index (χ3v) is 9.71. The molecular weight excluding hydrogens is 392 g/mol. The molecule has 0 bridgehead atoms. The average Bonchev–Trinajstić information content (AvgIpc) is 2.55. The highest BCUT2D eigenvalue weighted by Gasteiger charge is 2.34. The summed E-state index contributed by atoms with van der Waals surface area (Å²) in [7, 11) is -2.01. The molecule has 1 atom stereocenters. The van der Waals surface area contributed by atoms with Crippen molar-refractivity contribution in [2.75, 3.05) is 13.1 Å². The highest BCUT2D eigenvalue weighted by atomic mass is 35.5. The van der Waals surface area contributed by atoms with Crippen LogP contribution in [0.2, 0.25) is 28.2 Å². The third kappa shape index (κ3) is 7.06. The number of alkyl halides is 3. The van der Waals surface area contributed by atoms with E-state index < -0.39 is 27.0 Å². The first kappa shape index (κ1) is 22.7. The van der Waals surface area contributed by atoms with E-state index in [-0.39, 0.29) is 13.1 Å². The molecule has 0 fully saturated rings. The third-order valence-electron chi connectivity index (χ3n) is 4.45. The minimum atomic E-state index is -4.19. The Morgan fingerprint density at radius 1 is 1.12 bits per heavy atom. The first-order valence-electron chi connectivity index (χ1n) is 8.42. The molecule has 0 spiro atoms. The predicted molar refractivity (Wildman–Crippen MR) is 98.8 cm³/mol. The van der Waals surface area contributed by atoms with Crippen molar-refractivity contribution in [2.24, 2.45) is 0 Å². The van der Waals surface area contributed by atoms with Gasteiger partial charge in [-0.1, -0.05) is 44.0 Å². The van der Waals surface area contributed by atoms with Crippen LogP contribution in [0, 0.1) is 0 Å². The topological polar surface area (TPSA) is 34.1 Å². The Kier molecular flexibility index (Phi) is 9.18. The number of halogens is 5. The van der Waals surface area contributed by atoms with Crippen LogP contribution in [0.5, 0.6) is 0 Å². The SMILES string of the molecule is CC[Si](CC)(CC)OC(CNCCC(F)(F)F)c1c(Cl)cncc1Cl. The summed E-state index contributed by atoms with van der Waals surface area (Å²) in [6, 6.07) is 2.75. The summed E-state index contributed by atoms with van der Waals surface area (Å²) in [5, 5.41) is 3.55. The van der Waals surface area contributed by atoms with Gasteiger partial charge in [-0.05, 0) is 18.1 Å². The number of nitrogens with zero attached hydrogens (tertiary/aromatic N) is 1. The minimum Gasteiger partial charge on any atom is -0.409 e. The molecule has 0 radical (unpaired) electrons. The van der Waals surface area contributed by atoms with Gasteiger partial charge in [-0.3, -0.25) is 4.98 Å². The van der Waals surface area contributed by atoms with Crippen LogP contribution in [-0.2, 0) is 4.43 Å². The molecule has 0 amide bonds. The van der Waals surface area contributed by atoms with Crippen molar-refractivity contribution in [1.82, 2.24) is 10.3 Å². The van der Waals surface area contributed by atoms with E-state index in [0.29, 0.717) is 15.6 Å². The summed E-state index contributed by atoms with van der Waals surface area (Å²) in [4.78, 5) is 3.94. The average molecular weight is 417 g/mol. The number of rotatable bonds is 10. The molecule has 1 aromatic heterocycles. The summed E-state index contributed by atoms with van der Waals surface area (Å²) >= 11 is 12.5. The van der Waals surface area contributed by atoms with Crippen molar-refractivity contribution < 1.29 is 17.6 Å². The second-order valence-corrected chi connectivity index (χ2v) is 11.5. The molecule has 0 aliphatic rings. The lowest BCUT2D eigenvalue weighted by Crippen LogP contribution is -2.40. The van der Waals surface area contributed by atoms with E-state index in [9.17, 15) is 13.2 Å². The molecule has 3 nitrogen and oxygen atoms in total. The van der Waals surface area contributed by atoms with Crippen molar-refractivity contribution in [3.8, 4) is 0 Å². The number of pyridine rings is 1. The highest BCUT2D eigenvalue weighted by molar-refractivity contribution is 6.73. The Balaban J connectivity index is 2.98. The van der Waals surface area contributed by atoms with E-state index in [4.69, 9.17) is 27.6 Å². The lowest BCUT2D eigenvalue weighted by atomic mass is 10.1. The maximum Gasteiger partial charge on any atom is 0.390 e. The van der Waals surface area contributed by atoms with Crippen LogP contribution in [0.3, 0.4) is 0 Å². The second-order valence-electron chi connectivity index (χ2n) is 5.94. The summed E-state index contributed by atoms with van der Waals surface area (Å²) in [6.07, 6.45) is -2.63. The van der Waals surface area contributed by atoms with Crippen LogP contribution in [0.25, 0.3) is 0 Å². The van der Waals surface area contributed by atoms with Gasteiger partial charge in [-0.15, -0.1) is 0 Å². The predicted octanol–water partition coefficient (Wildman–Crippen LogP) is 5.99. The van der Waals surface area contributed by atoms with Crippen LogP contribution in [0.15, 0.2) is 12.4 Å². The van der Waals surface area contributed by atoms with Crippen LogP contribution in [0.4, 0.5) is 13.2 Å². The van der Waals surface area contributed by atoms with E-state index >= 15 is 0 Å². The van der Waals surface area contributed by atoms with E-state index in [1.165, 1.54) is 12.4 Å². The normalized spacial score (nSPS) is 13.9. The summed E-state index contributed by atoms with van der Waals surface area (Å²) in [6.45, 7) is 6.30. The lowest BCUT2D eigenvalue weighted by molar-refractivity contribution is -0.133. The summed E-state index contributed by atoms with van der Waals surface area (Å²) < 4.78 is 43.5. The number of aromatic nitrogens is 1. The van der Waals surface area contributed by atoms with Gasteiger partial charge in [0.05, 0.1) is 22.6 Å². The van der Waals surface area contributed by atoms with Crippen LogP contribution < -0.4 is 5.32 Å². The zero-order chi connectivity index (χ0) is 19.1. The molecule has 1 rings (SSSR count). The van der Waals surface area contributed by atoms with Crippen molar-refractivity contribution in [3.63, 3.8) is 0 Å². The van der Waals surface area contributed by atoms with Crippen LogP contribution in [0.1, 0.15) is 38.9 Å². The molecular formula is C16H25Cl2F3N2OSi. The second kappa shape index (κ2) is 10.1. The molecule has 25 heavy (non-hydrogen) atoms. The Labute approximate surface area is 158 Å². The summed E-state index contributed by atoms with van der Waals surface area (Å²) in [5.74, 6) is 0. The molecule has 0 aliphatic carbocycles. The fraction of sp³-hybridized carbons (Fsp3) is 0.688. The van der Waals surface area contributed by atoms with E-state index in [1.54, 1.807) is 0 Å². The van der Waals surface area contributed by atoms with Crippen molar-refractivity contribution in [3.05, 3.63) is 28.0 Å². The Morgan fingerprint density at radius 3 is 2.08 bits per heavy atom. The quantitative estimate of drug-likeness (QED) is 0.375. The van der Waals surface area contributed by atoms with Crippen molar-refractivity contribution in [2.45, 2.75) is 57.6 Å². The zero-order valence-corrected chi connectivity index (χ0v) is 17.2. The van der Waals surface area contributed by atoms with Crippen LogP contribution >= 0.6 is 23.2 Å². The fourth-order valence-electron chi connectivity index (χ4n) is 2.70. The van der Waals surface area contributed by atoms with Gasteiger partial charge in [-0.25, -0.2) is 0 Å². The van der Waals surface area contributed by atoms with Crippen molar-refractivity contribution in [1.29, 1.82) is 0 Å². The molecule has 0 saturated heterocycles. The molecule has 0 saturated carbocycles. The van der Waals surface area contributed by atoms with Gasteiger partial charge in [-0.2, -0.15) is 13.2 Å². The molecule has 1 unspecified atom stereocenters. The van der Waals surface area contributed by atoms with E-state index in [1.807, 2.05) is 0 Å². The first-order valence-corrected chi connectivity index (χ1v) is 11.7. The smallest absolute Gasteiger partial charge is 0.390 e. The molecule has 144 valence electrons. The van der Waals surface area contributed by atoms with Crippen molar-refractivity contribution >= 4 is 31.5 Å². The Bertz CT molecular complexity index is 514. The van der Waals surface area contributed by atoms with Gasteiger partial charge in [0.15, 0.2) is 8.32 Å². The number of nitrogens with one attached hydrogen (secondary N) is 1. The largest absolute Gasteiger partial charge is 0.409 e. The zero-order valence-electron chi connectivity index (χ0n) is 14.7. The molecule has 0 aromatic carbocycles. The maximum atomic E-state index is 12.4. The summed E-state index contributed by atoms with van der Waals surface area (Å²) in [5.41, 5.74) is 0.588. The van der Waals surface area contributed by atoms with Gasteiger partial charge >= 0.3 is 6.18 Å². The highest BCUT2D eigenvalue weighted by Crippen LogP contribution is 2.36. The van der Waals surface area contributed by atoms with Gasteiger partial charge in [0.2, 0.25) is 0 Å². The molecule has 9 heteroatoms. The number of hydrogen-bond donors (Lipinski definition) is 1. The van der Waals surface area contributed by atoms with Gasteiger partial charge in [0, 0.05) is 31.0 Å². The van der Waals surface area contributed by atoms with Gasteiger partial charge in [0.1, 0.15) is 0 Å². The lowest BCUT2D eigenvalue weighted by Gasteiger charge is -2.34. The number of hydrogen-bond acceptors (Lipinski definition) is 3. The standard InChI is InChI=1S/C16H25Cl2F3N2OSi/c1-4-25(5-2,6-3)24-14(11-22-8-7-16(19,20)21)15-12(17)9-23-10-13(15)18/h9-10,14,22H,4-8,11H2,1-3H3. The Morgan fingerprint density at radius 2 is 1.64 bits per heavy atom. The molecule has 1 aromatic rings. The van der Waals surface area contributed by atoms with Gasteiger partial charge < -0.3 is 9.74 Å². The maximum absolute atomic E-state index is 12.4. The Hall–Kier alpha value is -0.343. The first-order chi connectivity index (χ1) is 11.7. The van der Waals surface area contributed by atoms with Crippen LogP contribution in [-0.4, -0.2) is 32.6 Å². The van der Waals surface area contributed by atoms with E-state index in [0.717, 1.165) is 18.1 Å². The monoisotopic (exact) mass is 416 g/mol. The molecule has 1 N–H and O–H groups in total. The van der Waals surface area contributed by atoms with Gasteiger partial charge in [0.25, 0.3) is 0 Å². The fourth-order valence-corrected chi connectivity index (χ4v) is 6.11. The molecule has 1 heterocycles. The van der Waals surface area contributed by atoms with E-state index in [2.05, 4.69) is 31.1 Å². The minimum absolute atomic E-state index is 0.178. The molecule has 0 aliphatic heterocycles.